The molecule has 0 atom stereocenters. The molecule has 0 fully saturated rings. The fourth-order valence-corrected chi connectivity index (χ4v) is 11.2. The van der Waals surface area contributed by atoms with Crippen LogP contribution in [0.3, 0.4) is 0 Å². The van der Waals surface area contributed by atoms with E-state index in [4.69, 9.17) is 86.3 Å². The van der Waals surface area contributed by atoms with Crippen LogP contribution in [0.25, 0.3) is 0 Å². The standard InChI is InChI=1S/C15H18ClN5O2.C14H16ClN5O2.C14H14N4O4.C13H11F3N4O2.2C12H11ClN4O2.C9H8N6O/c1-10-8-19-14(9-18-10)21-15(22)20-12-7-11(16)3-4-13(12)23-6-2-5-17;15-10-2-3-12(22-7-1-4-16)11(8-10)19-14(21)20-13-9-17-5-6-18-13;1-21-11-4-3-9(13(19)22-2)7-10(11)17-14(20)18-12-8-15-5-6-16-12;1-22-10-3-2-8(13(14,15)16)6-9(10)19-12(21)20-11-7-17-4-5-18-11;1-19-10-3-2-8(6-9(10)13)16-12(18)17-11-7-14-4-5-15-11;1-19-10-3-2-8(13)6-9(10)16-12(18)17-11-4-5-14-7-15-11;16-9(14-7-5-10-1-3-12-7)15-8-6-11-2-4-13-8/h3-4,7-9H,2,5-6,17H2,1H3,(H2,19,20,21,22);2-3,5-6,8-9H,1,4,7,16H2,(H2,18,19,20,21);3-8H,1-2H3,(H2,16,17,18,20);2-7H,1H3,(H2,18,19,20,21);2-7H,1H3,(H2,15,16,17,18);2-7H,1H3,(H2,14,15,16,17,18);1-6H,(H2,12,13,14,15,16). The monoisotopic (exact) mass is 2040 g/mol. The number of hydrogen-bond donors (Lipinski definition) is 16. The van der Waals surface area contributed by atoms with E-state index in [9.17, 15) is 51.5 Å². The number of methoxy groups -OCH3 is 5. The molecule has 0 saturated carbocycles. The highest BCUT2D eigenvalue weighted by molar-refractivity contribution is 6.33. The number of nitrogens with zero attached hydrogens (tertiary/aromatic N) is 16. The van der Waals surface area contributed by atoms with Crippen molar-refractivity contribution in [2.75, 3.05) is 136 Å². The molecule has 18 N–H and O–H groups in total. The number of carbonyl (C=O) groups is 8. The number of aromatic nitrogens is 16. The lowest BCUT2D eigenvalue weighted by Crippen LogP contribution is -2.21. The van der Waals surface area contributed by atoms with E-state index in [1.165, 1.54) is 178 Å². The van der Waals surface area contributed by atoms with Crippen LogP contribution in [0.15, 0.2) is 252 Å². The Morgan fingerprint density at radius 3 is 0.972 bits per heavy atom. The molecular weight excluding hydrogens is 1960 g/mol. The number of anilines is 14. The predicted molar refractivity (Wildman–Crippen MR) is 529 cm³/mol. The molecule has 8 aromatic heterocycles. The van der Waals surface area contributed by atoms with E-state index < -0.39 is 59.9 Å². The molecule has 47 nitrogen and oxygen atoms in total. The van der Waals surface area contributed by atoms with Gasteiger partial charge in [-0.3, -0.25) is 77.4 Å². The van der Waals surface area contributed by atoms with Gasteiger partial charge in [0.1, 0.15) is 46.6 Å². The Hall–Kier alpha value is -18.0. The second-order valence-corrected chi connectivity index (χ2v) is 28.7. The van der Waals surface area contributed by atoms with Gasteiger partial charge in [-0.25, -0.2) is 83.2 Å². The van der Waals surface area contributed by atoms with Crippen LogP contribution in [-0.2, 0) is 10.9 Å². The lowest BCUT2D eigenvalue weighted by atomic mass is 10.2. The normalized spacial score (nSPS) is 10.0. The maximum absolute atomic E-state index is 12.7. The number of nitrogens with one attached hydrogen (secondary N) is 14. The van der Waals surface area contributed by atoms with Crippen molar-refractivity contribution in [3.63, 3.8) is 0 Å². The summed E-state index contributed by atoms with van der Waals surface area (Å²) in [6.07, 6.45) is 29.0. The van der Waals surface area contributed by atoms with E-state index in [2.05, 4.69) is 159 Å². The lowest BCUT2D eigenvalue weighted by Gasteiger charge is -2.13. The topological polar surface area (TPSA) is 628 Å². The van der Waals surface area contributed by atoms with Crippen LogP contribution in [0.1, 0.15) is 34.5 Å². The van der Waals surface area contributed by atoms with Crippen LogP contribution in [0.2, 0.25) is 20.1 Å². The fraction of sp³-hybridized carbons (Fsp3) is 0.146. The second kappa shape index (κ2) is 59.9. The van der Waals surface area contributed by atoms with Crippen molar-refractivity contribution >= 4 is 175 Å². The number of halogens is 7. The number of rotatable bonds is 27. The number of nitrogens with two attached hydrogens (primary N) is 2. The first kappa shape index (κ1) is 110. The Morgan fingerprint density at radius 2 is 0.643 bits per heavy atom. The molecule has 0 spiro atoms. The third-order valence-corrected chi connectivity index (χ3v) is 17.7. The van der Waals surface area contributed by atoms with Gasteiger partial charge in [-0.15, -0.1) is 0 Å². The highest BCUT2D eigenvalue weighted by Gasteiger charge is 2.32. The van der Waals surface area contributed by atoms with E-state index in [1.807, 2.05) is 6.92 Å². The molecule has 8 heterocycles. The van der Waals surface area contributed by atoms with Crippen molar-refractivity contribution in [3.05, 3.63) is 289 Å². The lowest BCUT2D eigenvalue weighted by molar-refractivity contribution is -0.137. The summed E-state index contributed by atoms with van der Waals surface area (Å²) in [4.78, 5) is 156. The molecule has 0 unspecified atom stereocenters. The molecule has 744 valence electrons. The minimum Gasteiger partial charge on any atom is -0.495 e. The average Bonchev–Trinajstić information content (AvgIpc) is 0.822. The van der Waals surface area contributed by atoms with Gasteiger partial charge in [-0.05, 0) is 148 Å². The smallest absolute Gasteiger partial charge is 0.416 e. The molecule has 0 aliphatic rings. The van der Waals surface area contributed by atoms with Crippen molar-refractivity contribution in [2.24, 2.45) is 11.5 Å². The van der Waals surface area contributed by atoms with Crippen LogP contribution in [0, 0.1) is 6.92 Å². The number of esters is 1. The molecule has 14 rings (SSSR count). The Kier molecular flexibility index (Phi) is 46.2. The summed E-state index contributed by atoms with van der Waals surface area (Å²) in [6, 6.07) is 25.2. The average molecular weight is 2050 g/mol. The third-order valence-electron chi connectivity index (χ3n) is 16.7. The summed E-state index contributed by atoms with van der Waals surface area (Å²) in [5, 5.41) is 37.5. The number of urea groups is 7. The van der Waals surface area contributed by atoms with Crippen molar-refractivity contribution in [1.29, 1.82) is 0 Å². The molecule has 0 radical (unpaired) electrons. The van der Waals surface area contributed by atoms with Gasteiger partial charge in [0.05, 0.1) is 149 Å². The van der Waals surface area contributed by atoms with Gasteiger partial charge in [0.15, 0.2) is 40.7 Å². The summed E-state index contributed by atoms with van der Waals surface area (Å²) in [7, 11) is 7.06. The van der Waals surface area contributed by atoms with Crippen molar-refractivity contribution in [3.8, 4) is 34.5 Å². The highest BCUT2D eigenvalue weighted by Crippen LogP contribution is 2.37. The fourth-order valence-electron chi connectivity index (χ4n) is 10.4. The van der Waals surface area contributed by atoms with Gasteiger partial charge >= 0.3 is 54.4 Å². The second-order valence-electron chi connectivity index (χ2n) is 27.0. The zero-order chi connectivity index (χ0) is 103. The van der Waals surface area contributed by atoms with Gasteiger partial charge in [-0.2, -0.15) is 13.2 Å². The van der Waals surface area contributed by atoms with Crippen LogP contribution in [0.4, 0.5) is 127 Å². The van der Waals surface area contributed by atoms with E-state index in [0.29, 0.717) is 157 Å². The summed E-state index contributed by atoms with van der Waals surface area (Å²) >= 11 is 23.7. The molecule has 143 heavy (non-hydrogen) atoms. The Balaban J connectivity index is 0.000000204. The first-order chi connectivity index (χ1) is 69.0. The van der Waals surface area contributed by atoms with Gasteiger partial charge in [0.25, 0.3) is 0 Å². The molecule has 0 saturated heterocycles. The van der Waals surface area contributed by atoms with Crippen molar-refractivity contribution in [2.45, 2.75) is 25.9 Å². The molecule has 14 aromatic rings. The predicted octanol–water partition coefficient (Wildman–Crippen LogP) is 16.9. The molecule has 14 amide bonds. The number of carbonyl (C=O) groups excluding carboxylic acids is 8. The molecule has 0 bridgehead atoms. The number of aryl methyl sites for hydroxylation is 1. The number of alkyl halides is 3. The molecule has 54 heteroatoms. The maximum atomic E-state index is 12.7. The van der Waals surface area contributed by atoms with Gasteiger partial charge in [0.2, 0.25) is 0 Å². The molecule has 0 aliphatic carbocycles. The van der Waals surface area contributed by atoms with Crippen LogP contribution in [-0.4, -0.2) is 190 Å². The number of hydrogen-bond acceptors (Lipinski definition) is 33. The first-order valence-corrected chi connectivity index (χ1v) is 42.6. The van der Waals surface area contributed by atoms with E-state index in [0.717, 1.165) is 23.9 Å². The number of ether oxygens (including phenoxy) is 7. The quantitative estimate of drug-likeness (QED) is 0.0168. The highest BCUT2D eigenvalue weighted by atomic mass is 35.5. The van der Waals surface area contributed by atoms with Crippen LogP contribution < -0.4 is 114 Å². The van der Waals surface area contributed by atoms with E-state index >= 15 is 0 Å². The minimum atomic E-state index is -4.52. The summed E-state index contributed by atoms with van der Waals surface area (Å²) in [5.74, 6) is 4.72. The summed E-state index contributed by atoms with van der Waals surface area (Å²) in [5.41, 5.74) is 13.2. The van der Waals surface area contributed by atoms with Crippen LogP contribution in [0.5, 0.6) is 34.5 Å². The molecule has 0 aliphatic heterocycles. The summed E-state index contributed by atoms with van der Waals surface area (Å²) < 4.78 is 74.1. The maximum Gasteiger partial charge on any atom is 0.416 e. The summed E-state index contributed by atoms with van der Waals surface area (Å²) in [6.45, 7) is 3.79. The zero-order valence-corrected chi connectivity index (χ0v) is 79.0. The zero-order valence-electron chi connectivity index (χ0n) is 76.0. The van der Waals surface area contributed by atoms with Gasteiger partial charge in [0, 0.05) is 101 Å². The van der Waals surface area contributed by atoms with Crippen LogP contribution >= 0.6 is 46.4 Å². The first-order valence-electron chi connectivity index (χ1n) is 41.1. The van der Waals surface area contributed by atoms with E-state index in [-0.39, 0.29) is 22.8 Å². The Morgan fingerprint density at radius 1 is 0.315 bits per heavy atom. The third kappa shape index (κ3) is 41.1. The largest absolute Gasteiger partial charge is 0.495 e. The molecule has 6 aromatic carbocycles. The van der Waals surface area contributed by atoms with Gasteiger partial charge < -0.3 is 76.5 Å². The molecular formula is C89H89Cl4F3N32O15. The van der Waals surface area contributed by atoms with Crippen molar-refractivity contribution < 1.29 is 84.7 Å². The minimum absolute atomic E-state index is 0.0993. The number of amides is 14. The van der Waals surface area contributed by atoms with Crippen molar-refractivity contribution in [1.82, 2.24) is 79.7 Å². The SMILES string of the molecule is COC(=O)c1ccc(OC)c(NC(=O)Nc2cnccn2)c1.COc1ccc(C(F)(F)F)cc1NC(=O)Nc1cnccn1.COc1ccc(Cl)cc1NC(=O)Nc1ccncn1.COc1ccc(NC(=O)Nc2cnccn2)cc1Cl.Cc1cnc(NC(=O)Nc2cc(Cl)ccc2OCCCN)cn1.NCCCOc1ccc(Cl)cc1NC(=O)Nc1cnccn1.O=C(Nc1cnccn1)Nc1cnccn1. The number of benzene rings is 6. The van der Waals surface area contributed by atoms with E-state index in [1.54, 1.807) is 91.1 Å². The Labute approximate surface area is 832 Å². The Bertz CT molecular complexity index is 6350. The van der Waals surface area contributed by atoms with Gasteiger partial charge in [-0.1, -0.05) is 46.4 Å².